The van der Waals surface area contributed by atoms with Crippen molar-refractivity contribution in [2.45, 2.75) is 0 Å². The summed E-state index contributed by atoms with van der Waals surface area (Å²) in [5.41, 5.74) is 4.93. The number of hydrogen-bond donors (Lipinski definition) is 4. The molecule has 8 aromatic rings. The van der Waals surface area contributed by atoms with Crippen LogP contribution in [0.2, 0.25) is 10.0 Å². The van der Waals surface area contributed by atoms with Crippen LogP contribution in [0.15, 0.2) is 158 Å². The van der Waals surface area contributed by atoms with Crippen molar-refractivity contribution >= 4 is 67.9 Å². The van der Waals surface area contributed by atoms with Gasteiger partial charge in [-0.15, -0.1) is 0 Å². The number of carbonyl (C=O) groups excluding carboxylic acids is 2. The number of phenols is 2. The maximum absolute atomic E-state index is 13.4. The Labute approximate surface area is 320 Å². The maximum atomic E-state index is 13.4. The predicted octanol–water partition coefficient (Wildman–Crippen LogP) is 12.2. The molecule has 4 N–H and O–H groups in total. The van der Waals surface area contributed by atoms with E-state index in [4.69, 9.17) is 23.2 Å². The number of aromatic hydroxyl groups is 2. The minimum Gasteiger partial charge on any atom is -0.506 e. The topological polar surface area (TPSA) is 98.7 Å². The standard InChI is InChI=1S/C46H30Cl2N2O4/c47-39-25-27(19-21-35(39)41-33-17-9-7-11-29(33)23-37(43(41)51)45(53)49-31-13-3-1-4-14-31)28-20-22-36(40(48)26-28)42-34-18-10-8-12-30(34)24-38(44(42)52)46(54)50-32-15-5-2-6-16-32/h1-26,51-52H,(H,49,53)(H,50,54). The Morgan fingerprint density at radius 1 is 0.444 bits per heavy atom. The van der Waals surface area contributed by atoms with E-state index in [1.165, 1.54) is 0 Å². The van der Waals surface area contributed by atoms with Gasteiger partial charge in [-0.2, -0.15) is 0 Å². The number of phenolic OH excluding ortho intramolecular Hbond substituents is 2. The van der Waals surface area contributed by atoms with Crippen LogP contribution in [0, 0.1) is 0 Å². The number of nitrogens with one attached hydrogen (secondary N) is 2. The summed E-state index contributed by atoms with van der Waals surface area (Å²) in [6.07, 6.45) is 0. The third kappa shape index (κ3) is 6.49. The van der Waals surface area contributed by atoms with E-state index in [-0.39, 0.29) is 22.6 Å². The van der Waals surface area contributed by atoms with E-state index in [1.54, 1.807) is 48.5 Å². The van der Waals surface area contributed by atoms with Gasteiger partial charge in [-0.3, -0.25) is 9.59 Å². The van der Waals surface area contributed by atoms with Gasteiger partial charge in [0.25, 0.3) is 11.8 Å². The van der Waals surface area contributed by atoms with Gasteiger partial charge in [0, 0.05) is 43.7 Å². The van der Waals surface area contributed by atoms with Crippen molar-refractivity contribution in [1.82, 2.24) is 0 Å². The van der Waals surface area contributed by atoms with Crippen LogP contribution in [0.5, 0.6) is 11.5 Å². The van der Waals surface area contributed by atoms with E-state index in [9.17, 15) is 19.8 Å². The number of halogens is 2. The molecule has 0 saturated heterocycles. The summed E-state index contributed by atoms with van der Waals surface area (Å²) in [5, 5.41) is 32.7. The Kier molecular flexibility index (Phi) is 9.22. The van der Waals surface area contributed by atoms with Crippen LogP contribution in [-0.4, -0.2) is 22.0 Å². The highest BCUT2D eigenvalue weighted by atomic mass is 35.5. The molecule has 54 heavy (non-hydrogen) atoms. The fraction of sp³-hybridized carbons (Fsp3) is 0. The molecule has 0 aliphatic rings. The lowest BCUT2D eigenvalue weighted by Gasteiger charge is -2.17. The number of anilines is 2. The fourth-order valence-corrected chi connectivity index (χ4v) is 7.35. The Morgan fingerprint density at radius 2 is 0.815 bits per heavy atom. The zero-order chi connectivity index (χ0) is 37.3. The molecule has 0 atom stereocenters. The van der Waals surface area contributed by atoms with E-state index >= 15 is 0 Å². The van der Waals surface area contributed by atoms with Crippen molar-refractivity contribution in [2.75, 3.05) is 10.6 Å². The van der Waals surface area contributed by atoms with Gasteiger partial charge in [0.2, 0.25) is 0 Å². The summed E-state index contributed by atoms with van der Waals surface area (Å²) in [4.78, 5) is 26.8. The first kappa shape index (κ1) is 34.5. The van der Waals surface area contributed by atoms with Crippen molar-refractivity contribution in [2.24, 2.45) is 0 Å². The summed E-state index contributed by atoms with van der Waals surface area (Å²) < 4.78 is 0. The van der Waals surface area contributed by atoms with Gasteiger partial charge >= 0.3 is 0 Å². The molecular formula is C46H30Cl2N2O4. The average molecular weight is 746 g/mol. The molecule has 6 nitrogen and oxygen atoms in total. The molecule has 0 spiro atoms. The third-order valence-corrected chi connectivity index (χ3v) is 10.0. The molecule has 0 heterocycles. The minimum atomic E-state index is -0.450. The van der Waals surface area contributed by atoms with Crippen LogP contribution >= 0.6 is 23.2 Å². The number of amides is 2. The van der Waals surface area contributed by atoms with Gasteiger partial charge < -0.3 is 20.8 Å². The van der Waals surface area contributed by atoms with E-state index in [0.717, 1.165) is 32.7 Å². The molecule has 8 aromatic carbocycles. The van der Waals surface area contributed by atoms with Gasteiger partial charge in [0.1, 0.15) is 11.5 Å². The second-order valence-electron chi connectivity index (χ2n) is 12.8. The lowest BCUT2D eigenvalue weighted by molar-refractivity contribution is 0.101. The van der Waals surface area contributed by atoms with Gasteiger partial charge in [-0.25, -0.2) is 0 Å². The fourth-order valence-electron chi connectivity index (χ4n) is 6.80. The molecule has 262 valence electrons. The lowest BCUT2D eigenvalue weighted by atomic mass is 9.91. The molecule has 0 fully saturated rings. The van der Waals surface area contributed by atoms with Crippen LogP contribution in [0.25, 0.3) is 54.9 Å². The van der Waals surface area contributed by atoms with Crippen molar-refractivity contribution in [3.8, 4) is 44.9 Å². The highest BCUT2D eigenvalue weighted by Gasteiger charge is 2.23. The number of benzene rings is 8. The molecule has 8 heteroatoms. The second-order valence-corrected chi connectivity index (χ2v) is 13.6. The van der Waals surface area contributed by atoms with Crippen LogP contribution in [-0.2, 0) is 0 Å². The van der Waals surface area contributed by atoms with Crippen molar-refractivity contribution in [3.05, 3.63) is 179 Å². The van der Waals surface area contributed by atoms with E-state index in [2.05, 4.69) is 10.6 Å². The number of hydrogen-bond acceptors (Lipinski definition) is 4. The van der Waals surface area contributed by atoms with Gasteiger partial charge in [0.15, 0.2) is 0 Å². The first-order valence-corrected chi connectivity index (χ1v) is 17.8. The smallest absolute Gasteiger partial charge is 0.259 e. The Hall–Kier alpha value is -6.60. The Morgan fingerprint density at radius 3 is 1.20 bits per heavy atom. The van der Waals surface area contributed by atoms with Crippen LogP contribution in [0.3, 0.4) is 0 Å². The van der Waals surface area contributed by atoms with Crippen LogP contribution < -0.4 is 10.6 Å². The molecule has 2 amide bonds. The number of rotatable bonds is 7. The summed E-state index contributed by atoms with van der Waals surface area (Å²) >= 11 is 14.0. The molecule has 0 bridgehead atoms. The predicted molar refractivity (Wildman–Crippen MR) is 220 cm³/mol. The maximum Gasteiger partial charge on any atom is 0.259 e. The van der Waals surface area contributed by atoms with Crippen LogP contribution in [0.4, 0.5) is 11.4 Å². The van der Waals surface area contributed by atoms with Crippen molar-refractivity contribution in [3.63, 3.8) is 0 Å². The molecule has 0 saturated carbocycles. The minimum absolute atomic E-state index is 0.118. The summed E-state index contributed by atoms with van der Waals surface area (Å²) in [6, 6.07) is 47.4. The zero-order valence-corrected chi connectivity index (χ0v) is 30.0. The molecule has 0 aromatic heterocycles. The number of fused-ring (bicyclic) bond motifs is 2. The second kappa shape index (κ2) is 14.4. The first-order valence-electron chi connectivity index (χ1n) is 17.1. The summed E-state index contributed by atoms with van der Waals surface area (Å²) in [5.74, 6) is -1.27. The van der Waals surface area contributed by atoms with Crippen molar-refractivity contribution < 1.29 is 19.8 Å². The highest BCUT2D eigenvalue weighted by molar-refractivity contribution is 6.35. The van der Waals surface area contributed by atoms with Gasteiger partial charge in [-0.1, -0.05) is 132 Å². The Bertz CT molecular complexity index is 2560. The first-order chi connectivity index (χ1) is 26.3. The lowest BCUT2D eigenvalue weighted by Crippen LogP contribution is -2.12. The van der Waals surface area contributed by atoms with E-state index < -0.39 is 11.8 Å². The summed E-state index contributed by atoms with van der Waals surface area (Å²) in [7, 11) is 0. The monoisotopic (exact) mass is 744 g/mol. The highest BCUT2D eigenvalue weighted by Crippen LogP contribution is 2.46. The average Bonchev–Trinajstić information content (AvgIpc) is 3.18. The largest absolute Gasteiger partial charge is 0.506 e. The normalized spacial score (nSPS) is 11.1. The molecule has 0 aliphatic carbocycles. The summed E-state index contributed by atoms with van der Waals surface area (Å²) in [6.45, 7) is 0. The number of para-hydroxylation sites is 2. The Balaban J connectivity index is 1.17. The molecular weight excluding hydrogens is 715 g/mol. The van der Waals surface area contributed by atoms with Gasteiger partial charge in [0.05, 0.1) is 11.1 Å². The SMILES string of the molecule is O=C(Nc1ccccc1)c1cc2ccccc2c(-c2ccc(-c3ccc(-c4c(O)c(C(=O)Nc5ccccc5)cc5ccccc45)c(Cl)c3)cc2Cl)c1O. The van der Waals surface area contributed by atoms with Gasteiger partial charge in [-0.05, 0) is 81.2 Å². The molecule has 0 aliphatic heterocycles. The van der Waals surface area contributed by atoms with E-state index in [0.29, 0.717) is 43.7 Å². The van der Waals surface area contributed by atoms with Crippen LogP contribution in [0.1, 0.15) is 20.7 Å². The molecule has 8 rings (SSSR count). The van der Waals surface area contributed by atoms with E-state index in [1.807, 2.05) is 109 Å². The van der Waals surface area contributed by atoms with Crippen molar-refractivity contribution in [1.29, 1.82) is 0 Å². The zero-order valence-electron chi connectivity index (χ0n) is 28.5. The molecule has 0 unspecified atom stereocenters. The third-order valence-electron chi connectivity index (χ3n) is 9.41. The quantitative estimate of drug-likeness (QED) is 0.131. The number of carbonyl (C=O) groups is 2. The molecule has 0 radical (unpaired) electrons.